The normalized spacial score (nSPS) is 13.9. The Morgan fingerprint density at radius 2 is 2.21 bits per heavy atom. The summed E-state index contributed by atoms with van der Waals surface area (Å²) in [4.78, 5) is 16.9. The first-order valence-electron chi connectivity index (χ1n) is 8.05. The van der Waals surface area contributed by atoms with E-state index in [-0.39, 0.29) is 5.91 Å². The number of aryl methyl sites for hydroxylation is 1. The van der Waals surface area contributed by atoms with Crippen molar-refractivity contribution in [2.24, 2.45) is 0 Å². The number of nitrogens with one attached hydrogen (secondary N) is 1. The van der Waals surface area contributed by atoms with Crippen molar-refractivity contribution in [3.05, 3.63) is 65.6 Å². The van der Waals surface area contributed by atoms with Gasteiger partial charge in [-0.1, -0.05) is 17.3 Å². The molecule has 0 bridgehead atoms. The summed E-state index contributed by atoms with van der Waals surface area (Å²) in [6, 6.07) is 11.3. The van der Waals surface area contributed by atoms with Gasteiger partial charge in [0.15, 0.2) is 5.82 Å². The average Bonchev–Trinajstić information content (AvgIpc) is 3.12. The number of hydrogen-bond acceptors (Lipinski definition) is 4. The van der Waals surface area contributed by atoms with Crippen molar-refractivity contribution in [2.75, 3.05) is 5.32 Å². The van der Waals surface area contributed by atoms with Gasteiger partial charge in [-0.2, -0.15) is 4.98 Å². The predicted molar refractivity (Wildman–Crippen MR) is 88.9 cm³/mol. The van der Waals surface area contributed by atoms with Crippen molar-refractivity contribution >= 4 is 11.6 Å². The summed E-state index contributed by atoms with van der Waals surface area (Å²) < 4.78 is 7.10. The third-order valence-electron chi connectivity index (χ3n) is 4.06. The second kappa shape index (κ2) is 5.96. The smallest absolute Gasteiger partial charge is 0.272 e. The molecular formula is C18H18N4O2. The van der Waals surface area contributed by atoms with Gasteiger partial charge in [0, 0.05) is 17.8 Å². The van der Waals surface area contributed by atoms with E-state index < -0.39 is 0 Å². The van der Waals surface area contributed by atoms with Crippen molar-refractivity contribution < 1.29 is 9.32 Å². The Morgan fingerprint density at radius 3 is 3.00 bits per heavy atom. The molecule has 0 saturated heterocycles. The van der Waals surface area contributed by atoms with E-state index in [1.807, 2.05) is 48.0 Å². The predicted octanol–water partition coefficient (Wildman–Crippen LogP) is 3.36. The first kappa shape index (κ1) is 14.7. The monoisotopic (exact) mass is 322 g/mol. The van der Waals surface area contributed by atoms with Gasteiger partial charge in [-0.15, -0.1) is 0 Å². The topological polar surface area (TPSA) is 73.0 Å². The second-order valence-electron chi connectivity index (χ2n) is 6.17. The fraction of sp³-hybridized carbons (Fsp3) is 0.278. The number of amides is 1. The second-order valence-corrected chi connectivity index (χ2v) is 6.17. The van der Waals surface area contributed by atoms with Gasteiger partial charge in [-0.05, 0) is 49.6 Å². The quantitative estimate of drug-likeness (QED) is 0.782. The summed E-state index contributed by atoms with van der Waals surface area (Å²) >= 11 is 0. The highest BCUT2D eigenvalue weighted by Crippen LogP contribution is 2.38. The third-order valence-corrected chi connectivity index (χ3v) is 4.06. The fourth-order valence-corrected chi connectivity index (χ4v) is 2.66. The van der Waals surface area contributed by atoms with E-state index >= 15 is 0 Å². The summed E-state index contributed by atoms with van der Waals surface area (Å²) in [6.07, 6.45) is 4.09. The molecule has 24 heavy (non-hydrogen) atoms. The van der Waals surface area contributed by atoms with Crippen LogP contribution < -0.4 is 5.32 Å². The summed E-state index contributed by atoms with van der Waals surface area (Å²) in [6.45, 7) is 2.41. The Kier molecular flexibility index (Phi) is 3.65. The van der Waals surface area contributed by atoms with Gasteiger partial charge in [0.25, 0.3) is 5.91 Å². The van der Waals surface area contributed by atoms with E-state index in [4.69, 9.17) is 4.52 Å². The molecule has 0 aliphatic heterocycles. The summed E-state index contributed by atoms with van der Waals surface area (Å²) in [7, 11) is 0. The first-order chi connectivity index (χ1) is 11.7. The highest BCUT2D eigenvalue weighted by atomic mass is 16.5. The standard InChI is InChI=1S/C18H18N4O2/c1-12-4-2-5-14(10-12)19-17(23)15-6-3-9-22(15)11-16-20-18(24-21-16)13-7-8-13/h2-6,9-10,13H,7-8,11H2,1H3,(H,19,23). The van der Waals surface area contributed by atoms with E-state index in [0.717, 1.165) is 24.1 Å². The van der Waals surface area contributed by atoms with Crippen molar-refractivity contribution in [2.45, 2.75) is 32.2 Å². The number of carbonyl (C=O) groups excluding carboxylic acids is 1. The Labute approximate surface area is 139 Å². The molecule has 0 spiro atoms. The molecule has 1 amide bonds. The largest absolute Gasteiger partial charge is 0.339 e. The van der Waals surface area contributed by atoms with Crippen LogP contribution >= 0.6 is 0 Å². The molecule has 0 radical (unpaired) electrons. The van der Waals surface area contributed by atoms with Crippen molar-refractivity contribution in [3.63, 3.8) is 0 Å². The van der Waals surface area contributed by atoms with E-state index in [2.05, 4.69) is 15.5 Å². The lowest BCUT2D eigenvalue weighted by atomic mass is 10.2. The number of aromatic nitrogens is 3. The van der Waals surface area contributed by atoms with E-state index in [9.17, 15) is 4.79 Å². The van der Waals surface area contributed by atoms with Crippen molar-refractivity contribution in [1.29, 1.82) is 0 Å². The van der Waals surface area contributed by atoms with Crippen LogP contribution in [0.3, 0.4) is 0 Å². The van der Waals surface area contributed by atoms with Gasteiger partial charge in [0.1, 0.15) is 5.69 Å². The van der Waals surface area contributed by atoms with Crippen LogP contribution in [0.5, 0.6) is 0 Å². The maximum Gasteiger partial charge on any atom is 0.272 e. The van der Waals surface area contributed by atoms with Gasteiger partial charge in [-0.3, -0.25) is 4.79 Å². The Balaban J connectivity index is 1.49. The minimum atomic E-state index is -0.156. The fourth-order valence-electron chi connectivity index (χ4n) is 2.66. The molecule has 0 unspecified atom stereocenters. The van der Waals surface area contributed by atoms with Gasteiger partial charge < -0.3 is 14.4 Å². The van der Waals surface area contributed by atoms with Crippen molar-refractivity contribution in [1.82, 2.24) is 14.7 Å². The molecule has 1 aliphatic rings. The van der Waals surface area contributed by atoms with Gasteiger partial charge in [0.2, 0.25) is 5.89 Å². The first-order valence-corrected chi connectivity index (χ1v) is 8.05. The molecule has 1 N–H and O–H groups in total. The molecule has 6 nitrogen and oxygen atoms in total. The number of benzene rings is 1. The molecule has 2 heterocycles. The van der Waals surface area contributed by atoms with Gasteiger partial charge >= 0.3 is 0 Å². The summed E-state index contributed by atoms with van der Waals surface area (Å²) in [5, 5.41) is 6.93. The molecule has 0 atom stereocenters. The molecule has 1 aliphatic carbocycles. The lowest BCUT2D eigenvalue weighted by molar-refractivity contribution is 0.101. The molecule has 3 aromatic rings. The molecule has 6 heteroatoms. The number of hydrogen-bond donors (Lipinski definition) is 1. The van der Waals surface area contributed by atoms with Crippen LogP contribution in [0.1, 0.15) is 46.5 Å². The van der Waals surface area contributed by atoms with Crippen LogP contribution in [0.25, 0.3) is 0 Å². The van der Waals surface area contributed by atoms with Crippen LogP contribution in [0.15, 0.2) is 47.1 Å². The minimum absolute atomic E-state index is 0.156. The molecule has 1 fully saturated rings. The van der Waals surface area contributed by atoms with Crippen LogP contribution in [-0.2, 0) is 6.54 Å². The molecule has 1 saturated carbocycles. The average molecular weight is 322 g/mol. The van der Waals surface area contributed by atoms with E-state index in [1.165, 1.54) is 0 Å². The highest BCUT2D eigenvalue weighted by Gasteiger charge is 2.29. The van der Waals surface area contributed by atoms with Crippen LogP contribution in [0.2, 0.25) is 0 Å². The lowest BCUT2D eigenvalue weighted by Crippen LogP contribution is -2.17. The van der Waals surface area contributed by atoms with E-state index in [0.29, 0.717) is 29.9 Å². The Hall–Kier alpha value is -2.89. The molecule has 122 valence electrons. The zero-order valence-electron chi connectivity index (χ0n) is 13.4. The number of nitrogens with zero attached hydrogens (tertiary/aromatic N) is 3. The SMILES string of the molecule is Cc1cccc(NC(=O)c2cccn2Cc2noc(C3CC3)n2)c1. The molecule has 4 rings (SSSR count). The zero-order valence-corrected chi connectivity index (χ0v) is 13.4. The molecule has 1 aromatic carbocycles. The highest BCUT2D eigenvalue weighted by molar-refractivity contribution is 6.03. The third kappa shape index (κ3) is 3.08. The summed E-state index contributed by atoms with van der Waals surface area (Å²) in [5.41, 5.74) is 2.44. The summed E-state index contributed by atoms with van der Waals surface area (Å²) in [5.74, 6) is 1.58. The number of carbonyl (C=O) groups is 1. The minimum Gasteiger partial charge on any atom is -0.339 e. The lowest BCUT2D eigenvalue weighted by Gasteiger charge is -2.08. The number of rotatable bonds is 5. The maximum atomic E-state index is 12.5. The number of anilines is 1. The molecular weight excluding hydrogens is 304 g/mol. The van der Waals surface area contributed by atoms with Crippen molar-refractivity contribution in [3.8, 4) is 0 Å². The Bertz CT molecular complexity index is 877. The maximum absolute atomic E-state index is 12.5. The Morgan fingerprint density at radius 1 is 1.33 bits per heavy atom. The van der Waals surface area contributed by atoms with E-state index in [1.54, 1.807) is 6.07 Å². The van der Waals surface area contributed by atoms with Gasteiger partial charge in [-0.25, -0.2) is 0 Å². The zero-order chi connectivity index (χ0) is 16.5. The van der Waals surface area contributed by atoms with Crippen LogP contribution in [0, 0.1) is 6.92 Å². The van der Waals surface area contributed by atoms with Crippen LogP contribution in [-0.4, -0.2) is 20.6 Å². The van der Waals surface area contributed by atoms with Crippen LogP contribution in [0.4, 0.5) is 5.69 Å². The van der Waals surface area contributed by atoms with Gasteiger partial charge in [0.05, 0.1) is 6.54 Å². The molecule has 2 aromatic heterocycles.